The molecule has 2 fully saturated rings. The van der Waals surface area contributed by atoms with Gasteiger partial charge >= 0.3 is 0 Å². The number of hydrogen-bond acceptors (Lipinski definition) is 7. The Morgan fingerprint density at radius 3 is 2.24 bits per heavy atom. The number of likely N-dealkylation sites (N-methyl/N-ethyl adjacent to an activating group) is 1. The number of likely N-dealkylation sites (tertiary alicyclic amines) is 1. The number of benzene rings is 1. The number of rotatable bonds is 12. The van der Waals surface area contributed by atoms with Crippen LogP contribution in [0.4, 0.5) is 0 Å². The van der Waals surface area contributed by atoms with Gasteiger partial charge in [-0.15, -0.1) is 0 Å². The van der Waals surface area contributed by atoms with E-state index in [0.717, 1.165) is 37.6 Å². The maximum Gasteiger partial charge on any atom is 0.239 e. The lowest BCUT2D eigenvalue weighted by Crippen LogP contribution is -2.63. The largest absolute Gasteiger partial charge is 0.390 e. The lowest BCUT2D eigenvalue weighted by atomic mass is 9.72. The first-order valence-electron chi connectivity index (χ1n) is 15.5. The number of amides is 2. The van der Waals surface area contributed by atoms with Crippen molar-refractivity contribution in [1.29, 1.82) is 0 Å². The molecule has 42 heavy (non-hydrogen) atoms. The summed E-state index contributed by atoms with van der Waals surface area (Å²) in [6.07, 6.45) is 5.92. The Labute approximate surface area is 253 Å². The Hall–Kier alpha value is -2.01. The maximum absolute atomic E-state index is 13.7. The van der Waals surface area contributed by atoms with Crippen molar-refractivity contribution < 1.29 is 23.1 Å². The van der Waals surface area contributed by atoms with Crippen LogP contribution in [0.5, 0.6) is 0 Å². The summed E-state index contributed by atoms with van der Waals surface area (Å²) in [7, 11) is -3.59. The summed E-state index contributed by atoms with van der Waals surface area (Å²) in [6, 6.07) is 7.58. The molecule has 9 nitrogen and oxygen atoms in total. The molecule has 1 aliphatic heterocycles. The second-order valence-electron chi connectivity index (χ2n) is 14.0. The molecule has 0 spiro atoms. The van der Waals surface area contributed by atoms with Crippen molar-refractivity contribution in [2.24, 2.45) is 11.8 Å². The normalized spacial score (nSPS) is 24.2. The van der Waals surface area contributed by atoms with E-state index in [1.165, 1.54) is 12.8 Å². The smallest absolute Gasteiger partial charge is 0.239 e. The fraction of sp³-hybridized carbons (Fsp3) is 0.750. The van der Waals surface area contributed by atoms with Crippen LogP contribution in [0, 0.1) is 11.8 Å². The van der Waals surface area contributed by atoms with Gasteiger partial charge in [-0.2, -0.15) is 0 Å². The van der Waals surface area contributed by atoms with Gasteiger partial charge in [0.15, 0.2) is 9.84 Å². The van der Waals surface area contributed by atoms with Gasteiger partial charge in [-0.05, 0) is 77.8 Å². The Kier molecular flexibility index (Phi) is 11.6. The van der Waals surface area contributed by atoms with Crippen molar-refractivity contribution in [2.75, 3.05) is 25.9 Å². The van der Waals surface area contributed by atoms with E-state index in [1.807, 2.05) is 58.0 Å². The summed E-state index contributed by atoms with van der Waals surface area (Å²) >= 11 is 0. The van der Waals surface area contributed by atoms with Crippen molar-refractivity contribution in [3.05, 3.63) is 35.9 Å². The number of sulfone groups is 1. The molecule has 1 aromatic carbocycles. The molecule has 0 radical (unpaired) electrons. The number of aliphatic hydroxyl groups is 1. The number of fused-ring (bicyclic) bond motifs is 1. The molecule has 6 atom stereocenters. The molecule has 0 aromatic heterocycles. The quantitative estimate of drug-likeness (QED) is 0.288. The van der Waals surface area contributed by atoms with E-state index in [1.54, 1.807) is 13.8 Å². The molecular weight excluding hydrogens is 552 g/mol. The van der Waals surface area contributed by atoms with Gasteiger partial charge < -0.3 is 21.1 Å². The van der Waals surface area contributed by atoms with Crippen molar-refractivity contribution in [3.63, 3.8) is 0 Å². The fourth-order valence-corrected chi connectivity index (χ4v) is 7.10. The Morgan fingerprint density at radius 1 is 1.05 bits per heavy atom. The van der Waals surface area contributed by atoms with Gasteiger partial charge in [-0.3, -0.25) is 14.5 Å². The highest BCUT2D eigenvalue weighted by Gasteiger charge is 2.45. The van der Waals surface area contributed by atoms with Crippen LogP contribution in [-0.2, 0) is 25.8 Å². The van der Waals surface area contributed by atoms with E-state index in [4.69, 9.17) is 0 Å². The molecule has 4 N–H and O–H groups in total. The van der Waals surface area contributed by atoms with Crippen molar-refractivity contribution in [3.8, 4) is 0 Å². The third-order valence-electron chi connectivity index (χ3n) is 9.14. The van der Waals surface area contributed by atoms with E-state index in [9.17, 15) is 23.1 Å². The molecule has 1 aromatic rings. The minimum Gasteiger partial charge on any atom is -0.390 e. The topological polar surface area (TPSA) is 128 Å². The van der Waals surface area contributed by atoms with Crippen LogP contribution < -0.4 is 16.0 Å². The highest BCUT2D eigenvalue weighted by molar-refractivity contribution is 7.92. The monoisotopic (exact) mass is 606 g/mol. The van der Waals surface area contributed by atoms with Gasteiger partial charge in [-0.25, -0.2) is 8.42 Å². The van der Waals surface area contributed by atoms with E-state index in [0.29, 0.717) is 24.8 Å². The number of nitrogens with zero attached hydrogens (tertiary/aromatic N) is 1. The minimum absolute atomic E-state index is 0.0236. The predicted octanol–water partition coefficient (Wildman–Crippen LogP) is 2.67. The molecule has 10 heteroatoms. The Morgan fingerprint density at radius 2 is 1.67 bits per heavy atom. The van der Waals surface area contributed by atoms with Crippen LogP contribution in [0.15, 0.2) is 30.3 Å². The summed E-state index contributed by atoms with van der Waals surface area (Å²) in [6.45, 7) is 12.2. The van der Waals surface area contributed by atoms with Crippen LogP contribution in [0.3, 0.4) is 0 Å². The van der Waals surface area contributed by atoms with Crippen LogP contribution in [-0.4, -0.2) is 90.6 Å². The summed E-state index contributed by atoms with van der Waals surface area (Å²) in [5.41, 5.74) is 0.569. The Balaban J connectivity index is 1.88. The zero-order valence-corrected chi connectivity index (χ0v) is 27.5. The van der Waals surface area contributed by atoms with Gasteiger partial charge in [0.25, 0.3) is 0 Å². The standard InChI is InChI=1S/C32H54N4O5S/c1-8-33-28(32(5,6)42(7,40)41)30(39)34-25(18-22-14-10-9-11-15-22)27(37)21-36-20-24-17-13-12-16-23(24)19-26(36)29(38)35-31(2,3)4/h9-11,14-15,23-28,33,37H,8,12-13,16-21H2,1-7H3,(H,34,39)(H,35,38). The summed E-state index contributed by atoms with van der Waals surface area (Å²) in [5, 5.41) is 21.0. The molecule has 2 aliphatic rings. The second kappa shape index (κ2) is 14.2. The molecule has 1 saturated carbocycles. The molecule has 6 unspecified atom stereocenters. The third-order valence-corrected chi connectivity index (χ3v) is 11.3. The van der Waals surface area contributed by atoms with E-state index in [2.05, 4.69) is 20.9 Å². The molecule has 1 aliphatic carbocycles. The first-order chi connectivity index (χ1) is 19.5. The number of hydrogen-bond donors (Lipinski definition) is 4. The zero-order chi connectivity index (χ0) is 31.3. The fourth-order valence-electron chi connectivity index (χ4n) is 6.48. The van der Waals surface area contributed by atoms with E-state index < -0.39 is 38.7 Å². The molecule has 2 amide bonds. The predicted molar refractivity (Wildman–Crippen MR) is 168 cm³/mol. The van der Waals surface area contributed by atoms with E-state index >= 15 is 0 Å². The number of carbonyl (C=O) groups is 2. The number of carbonyl (C=O) groups excluding carboxylic acids is 2. The van der Waals surface area contributed by atoms with Crippen molar-refractivity contribution in [2.45, 2.75) is 115 Å². The minimum atomic E-state index is -3.59. The van der Waals surface area contributed by atoms with Crippen molar-refractivity contribution in [1.82, 2.24) is 20.9 Å². The SMILES string of the molecule is CCNC(C(=O)NC(Cc1ccccc1)C(O)CN1CC2CCCCC2CC1C(=O)NC(C)(C)C)C(C)(C)S(C)(=O)=O. The average molecular weight is 607 g/mol. The molecule has 0 bridgehead atoms. The molecule has 238 valence electrons. The second-order valence-corrected chi connectivity index (χ2v) is 16.6. The first-order valence-corrected chi connectivity index (χ1v) is 17.4. The van der Waals surface area contributed by atoms with Gasteiger partial charge in [0.1, 0.15) is 6.04 Å². The summed E-state index contributed by atoms with van der Waals surface area (Å²) in [4.78, 5) is 29.3. The van der Waals surface area contributed by atoms with Crippen LogP contribution in [0.25, 0.3) is 0 Å². The van der Waals surface area contributed by atoms with Crippen LogP contribution in [0.2, 0.25) is 0 Å². The number of aliphatic hydroxyl groups excluding tert-OH is 1. The number of β-amino-alcohol motifs (C(OH)–C–C–N with tert-alkyl or cyclic N) is 1. The molecule has 3 rings (SSSR count). The average Bonchev–Trinajstić information content (AvgIpc) is 2.89. The lowest BCUT2D eigenvalue weighted by Gasteiger charge is -2.47. The summed E-state index contributed by atoms with van der Waals surface area (Å²) < 4.78 is 23.9. The number of piperidine rings is 1. The van der Waals surface area contributed by atoms with Crippen LogP contribution >= 0.6 is 0 Å². The highest BCUT2D eigenvalue weighted by atomic mass is 32.2. The highest BCUT2D eigenvalue weighted by Crippen LogP contribution is 2.39. The van der Waals surface area contributed by atoms with Crippen molar-refractivity contribution >= 4 is 21.7 Å². The van der Waals surface area contributed by atoms with Gasteiger partial charge in [0, 0.05) is 24.9 Å². The van der Waals surface area contributed by atoms with Gasteiger partial charge in [0.05, 0.1) is 22.9 Å². The number of nitrogens with one attached hydrogen (secondary N) is 3. The molecule has 1 heterocycles. The maximum atomic E-state index is 13.7. The van der Waals surface area contributed by atoms with Crippen LogP contribution in [0.1, 0.15) is 79.2 Å². The first kappa shape index (κ1) is 34.5. The van der Waals surface area contributed by atoms with Gasteiger partial charge in [0.2, 0.25) is 11.8 Å². The van der Waals surface area contributed by atoms with Gasteiger partial charge in [-0.1, -0.05) is 56.5 Å². The molecule has 1 saturated heterocycles. The zero-order valence-electron chi connectivity index (χ0n) is 26.7. The lowest BCUT2D eigenvalue weighted by molar-refractivity contribution is -0.133. The van der Waals surface area contributed by atoms with E-state index in [-0.39, 0.29) is 24.0 Å². The summed E-state index contributed by atoms with van der Waals surface area (Å²) in [5.74, 6) is 0.493. The Bertz CT molecular complexity index is 1150. The molecular formula is C32H54N4O5S. The third kappa shape index (κ3) is 9.00.